The van der Waals surface area contributed by atoms with Crippen molar-refractivity contribution >= 4 is 48.2 Å². The second kappa shape index (κ2) is 5.68. The van der Waals surface area contributed by atoms with Gasteiger partial charge in [-0.05, 0) is 48.9 Å². The van der Waals surface area contributed by atoms with E-state index in [4.69, 9.17) is 4.98 Å². The summed E-state index contributed by atoms with van der Waals surface area (Å²) in [7, 11) is 0. The summed E-state index contributed by atoms with van der Waals surface area (Å²) in [4.78, 5) is 4.79. The highest BCUT2D eigenvalue weighted by Gasteiger charge is 2.16. The van der Waals surface area contributed by atoms with Crippen molar-refractivity contribution in [2.75, 3.05) is 0 Å². The second-order valence-corrected chi connectivity index (χ2v) is 6.95. The number of hydrogen-bond donors (Lipinski definition) is 0. The minimum atomic E-state index is 1.04. The number of rotatable bonds is 1. The summed E-state index contributed by atoms with van der Waals surface area (Å²) in [5.41, 5.74) is 2.24. The van der Waals surface area contributed by atoms with E-state index in [9.17, 15) is 0 Å². The highest BCUT2D eigenvalue weighted by molar-refractivity contribution is 9.10. The summed E-state index contributed by atoms with van der Waals surface area (Å²) < 4.78 is 1.14. The van der Waals surface area contributed by atoms with E-state index in [1.807, 2.05) is 6.20 Å². The molecule has 0 amide bonds. The molecule has 0 atom stereocenters. The molecule has 1 heterocycles. The SMILES string of the molecule is Brc1c2ccccc2c(-c2nccc3ccccc23)c2ccccc12. The molecule has 0 radical (unpaired) electrons. The van der Waals surface area contributed by atoms with Crippen LogP contribution in [0, 0.1) is 0 Å². The first-order valence-electron chi connectivity index (χ1n) is 8.27. The Balaban J connectivity index is 2.06. The van der Waals surface area contributed by atoms with Crippen LogP contribution < -0.4 is 0 Å². The number of hydrogen-bond acceptors (Lipinski definition) is 1. The molecule has 1 aromatic heterocycles. The van der Waals surface area contributed by atoms with Crippen LogP contribution in [0.4, 0.5) is 0 Å². The van der Waals surface area contributed by atoms with Crippen molar-refractivity contribution in [3.05, 3.63) is 89.5 Å². The summed E-state index contributed by atoms with van der Waals surface area (Å²) >= 11 is 3.82. The Morgan fingerprint density at radius 3 is 1.72 bits per heavy atom. The number of halogens is 1. The van der Waals surface area contributed by atoms with Crippen LogP contribution in [0.1, 0.15) is 0 Å². The second-order valence-electron chi connectivity index (χ2n) is 6.16. The molecule has 0 unspecified atom stereocenters. The first-order valence-corrected chi connectivity index (χ1v) is 9.07. The van der Waals surface area contributed by atoms with Crippen LogP contribution in [-0.2, 0) is 0 Å². The van der Waals surface area contributed by atoms with Gasteiger partial charge in [0.1, 0.15) is 0 Å². The lowest BCUT2D eigenvalue weighted by Gasteiger charge is -2.15. The van der Waals surface area contributed by atoms with Crippen molar-refractivity contribution in [2.24, 2.45) is 0 Å². The fourth-order valence-electron chi connectivity index (χ4n) is 3.65. The van der Waals surface area contributed by atoms with Gasteiger partial charge in [-0.15, -0.1) is 0 Å². The van der Waals surface area contributed by atoms with Gasteiger partial charge in [0.15, 0.2) is 0 Å². The van der Waals surface area contributed by atoms with Gasteiger partial charge in [0.2, 0.25) is 0 Å². The molecule has 0 saturated heterocycles. The van der Waals surface area contributed by atoms with E-state index >= 15 is 0 Å². The van der Waals surface area contributed by atoms with Gasteiger partial charge < -0.3 is 0 Å². The third-order valence-electron chi connectivity index (χ3n) is 4.78. The van der Waals surface area contributed by atoms with Gasteiger partial charge in [0.25, 0.3) is 0 Å². The lowest BCUT2D eigenvalue weighted by atomic mass is 9.92. The summed E-state index contributed by atoms with van der Waals surface area (Å²) in [6.07, 6.45) is 1.91. The van der Waals surface area contributed by atoms with Gasteiger partial charge in [-0.2, -0.15) is 0 Å². The predicted octanol–water partition coefficient (Wildman–Crippen LogP) is 6.97. The molecule has 0 fully saturated rings. The van der Waals surface area contributed by atoms with Gasteiger partial charge >= 0.3 is 0 Å². The molecule has 0 aliphatic carbocycles. The fourth-order valence-corrected chi connectivity index (χ4v) is 4.34. The van der Waals surface area contributed by atoms with Crippen molar-refractivity contribution < 1.29 is 0 Å². The molecule has 4 aromatic carbocycles. The van der Waals surface area contributed by atoms with Gasteiger partial charge in [-0.3, -0.25) is 4.98 Å². The van der Waals surface area contributed by atoms with Crippen LogP contribution in [0.5, 0.6) is 0 Å². The Morgan fingerprint density at radius 2 is 1.08 bits per heavy atom. The van der Waals surface area contributed by atoms with Crippen molar-refractivity contribution in [3.63, 3.8) is 0 Å². The summed E-state index contributed by atoms with van der Waals surface area (Å²) in [5.74, 6) is 0. The Hall–Kier alpha value is -2.71. The maximum atomic E-state index is 4.79. The van der Waals surface area contributed by atoms with Crippen LogP contribution in [0.25, 0.3) is 43.6 Å². The normalized spacial score (nSPS) is 11.4. The van der Waals surface area contributed by atoms with E-state index in [1.165, 1.54) is 37.9 Å². The monoisotopic (exact) mass is 383 g/mol. The van der Waals surface area contributed by atoms with Crippen LogP contribution in [0.2, 0.25) is 0 Å². The van der Waals surface area contributed by atoms with Crippen molar-refractivity contribution in [1.82, 2.24) is 4.98 Å². The molecule has 0 bridgehead atoms. The van der Waals surface area contributed by atoms with Gasteiger partial charge in [-0.25, -0.2) is 0 Å². The molecule has 25 heavy (non-hydrogen) atoms. The molecule has 0 N–H and O–H groups in total. The Kier molecular flexibility index (Phi) is 3.32. The molecule has 0 saturated carbocycles. The molecule has 0 aliphatic rings. The minimum absolute atomic E-state index is 1.04. The quantitative estimate of drug-likeness (QED) is 0.284. The van der Waals surface area contributed by atoms with Crippen LogP contribution in [-0.4, -0.2) is 4.98 Å². The van der Waals surface area contributed by atoms with E-state index in [0.29, 0.717) is 0 Å². The minimum Gasteiger partial charge on any atom is -0.256 e. The predicted molar refractivity (Wildman–Crippen MR) is 110 cm³/mol. The van der Waals surface area contributed by atoms with Crippen molar-refractivity contribution in [1.29, 1.82) is 0 Å². The zero-order chi connectivity index (χ0) is 16.8. The number of nitrogens with zero attached hydrogens (tertiary/aromatic N) is 1. The summed E-state index contributed by atoms with van der Waals surface area (Å²) in [6, 6.07) is 27.6. The molecule has 5 aromatic rings. The molecule has 0 aliphatic heterocycles. The molecule has 2 heteroatoms. The number of pyridine rings is 1. The largest absolute Gasteiger partial charge is 0.256 e. The number of fused-ring (bicyclic) bond motifs is 3. The maximum Gasteiger partial charge on any atom is 0.0792 e. The van der Waals surface area contributed by atoms with Gasteiger partial charge in [0.05, 0.1) is 5.69 Å². The number of benzene rings is 4. The Labute approximate surface area is 154 Å². The lowest BCUT2D eigenvalue weighted by molar-refractivity contribution is 1.37. The van der Waals surface area contributed by atoms with E-state index in [2.05, 4.69) is 94.8 Å². The van der Waals surface area contributed by atoms with E-state index in [1.54, 1.807) is 0 Å². The highest BCUT2D eigenvalue weighted by Crippen LogP contribution is 2.42. The molecule has 118 valence electrons. The Morgan fingerprint density at radius 1 is 0.560 bits per heavy atom. The molecule has 5 rings (SSSR count). The zero-order valence-corrected chi connectivity index (χ0v) is 15.0. The third-order valence-corrected chi connectivity index (χ3v) is 5.63. The molecular weight excluding hydrogens is 370 g/mol. The van der Waals surface area contributed by atoms with E-state index < -0.39 is 0 Å². The van der Waals surface area contributed by atoms with Crippen molar-refractivity contribution in [2.45, 2.75) is 0 Å². The molecule has 1 nitrogen and oxygen atoms in total. The van der Waals surface area contributed by atoms with E-state index in [0.717, 1.165) is 10.2 Å². The standard InChI is InChI=1S/C23H14BrN/c24-22-19-11-5-3-9-17(19)21(18-10-4-6-12-20(18)22)23-16-8-2-1-7-15(16)13-14-25-23/h1-14H. The van der Waals surface area contributed by atoms with Crippen LogP contribution in [0.3, 0.4) is 0 Å². The molecular formula is C23H14BrN. The lowest BCUT2D eigenvalue weighted by Crippen LogP contribution is -1.91. The molecule has 0 spiro atoms. The zero-order valence-electron chi connectivity index (χ0n) is 13.4. The van der Waals surface area contributed by atoms with Gasteiger partial charge in [0, 0.05) is 21.6 Å². The van der Waals surface area contributed by atoms with Crippen LogP contribution in [0.15, 0.2) is 89.5 Å². The fraction of sp³-hybridized carbons (Fsp3) is 0. The van der Waals surface area contributed by atoms with E-state index in [-0.39, 0.29) is 0 Å². The highest BCUT2D eigenvalue weighted by atomic mass is 79.9. The third kappa shape index (κ3) is 2.18. The first-order chi connectivity index (χ1) is 12.3. The first kappa shape index (κ1) is 14.6. The smallest absolute Gasteiger partial charge is 0.0792 e. The Bertz CT molecular complexity index is 1190. The maximum absolute atomic E-state index is 4.79. The number of aromatic nitrogens is 1. The van der Waals surface area contributed by atoms with Crippen molar-refractivity contribution in [3.8, 4) is 11.3 Å². The summed E-state index contributed by atoms with van der Waals surface area (Å²) in [5, 5.41) is 7.26. The average molecular weight is 384 g/mol. The van der Waals surface area contributed by atoms with Gasteiger partial charge in [-0.1, -0.05) is 72.8 Å². The average Bonchev–Trinajstić information content (AvgIpc) is 2.68. The summed E-state index contributed by atoms with van der Waals surface area (Å²) in [6.45, 7) is 0. The topological polar surface area (TPSA) is 12.9 Å². The van der Waals surface area contributed by atoms with Crippen LogP contribution >= 0.6 is 15.9 Å².